The van der Waals surface area contributed by atoms with Crippen LogP contribution < -0.4 is 22.6 Å². The summed E-state index contributed by atoms with van der Waals surface area (Å²) in [6.45, 7) is 0.225. The van der Waals surface area contributed by atoms with Crippen molar-refractivity contribution in [1.29, 1.82) is 0 Å². The number of fused-ring (bicyclic) bond motifs is 1. The van der Waals surface area contributed by atoms with Gasteiger partial charge in [0.1, 0.15) is 17.5 Å². The molecule has 1 aromatic heterocycles. The maximum atomic E-state index is 13.1. The van der Waals surface area contributed by atoms with E-state index in [2.05, 4.69) is 4.98 Å². The second-order valence-corrected chi connectivity index (χ2v) is 8.85. The van der Waals surface area contributed by atoms with Crippen molar-refractivity contribution >= 4 is 40.4 Å². The van der Waals surface area contributed by atoms with Gasteiger partial charge in [0.25, 0.3) is 11.8 Å². The molecule has 0 radical (unpaired) electrons. The Morgan fingerprint density at radius 1 is 1.30 bits per heavy atom. The van der Waals surface area contributed by atoms with Crippen LogP contribution in [0.4, 0.5) is 0 Å². The molecule has 0 saturated carbocycles. The van der Waals surface area contributed by atoms with Crippen LogP contribution in [0.2, 0.25) is 0 Å². The van der Waals surface area contributed by atoms with Crippen molar-refractivity contribution in [3.8, 4) is 5.75 Å². The fourth-order valence-corrected chi connectivity index (χ4v) is 4.44. The Kier molecular flexibility index (Phi) is 7.58. The number of pyridine rings is 1. The molecule has 2 aromatic rings. The quantitative estimate of drug-likeness (QED) is 0.148. The lowest BCUT2D eigenvalue weighted by Crippen LogP contribution is -2.49. The summed E-state index contributed by atoms with van der Waals surface area (Å²) >= 11 is 1.36. The molecule has 1 aliphatic rings. The lowest BCUT2D eigenvalue weighted by atomic mass is 10.1. The van der Waals surface area contributed by atoms with Crippen molar-refractivity contribution in [3.63, 3.8) is 0 Å². The zero-order valence-corrected chi connectivity index (χ0v) is 18.5. The number of aromatic amines is 1. The molecule has 1 aliphatic heterocycles. The first-order valence-electron chi connectivity index (χ1n) is 10.2. The van der Waals surface area contributed by atoms with E-state index in [1.165, 1.54) is 30.0 Å². The molecule has 3 amide bonds. The van der Waals surface area contributed by atoms with Gasteiger partial charge in [0.15, 0.2) is 5.43 Å². The number of thioether (sulfide) groups is 1. The number of nitrogens with two attached hydrogens (primary N) is 3. The Bertz CT molecular complexity index is 1120. The van der Waals surface area contributed by atoms with Crippen LogP contribution in [-0.4, -0.2) is 85.7 Å². The van der Waals surface area contributed by atoms with Gasteiger partial charge in [-0.2, -0.15) is 11.8 Å². The van der Waals surface area contributed by atoms with Gasteiger partial charge in [-0.15, -0.1) is 0 Å². The number of benzene rings is 1. The van der Waals surface area contributed by atoms with E-state index in [0.29, 0.717) is 17.4 Å². The minimum atomic E-state index is -1.11. The average Bonchev–Trinajstić information content (AvgIpc) is 3.23. The summed E-state index contributed by atoms with van der Waals surface area (Å²) in [6, 6.07) is 2.12. The van der Waals surface area contributed by atoms with E-state index in [-0.39, 0.29) is 41.1 Å². The molecule has 178 valence electrons. The fourth-order valence-electron chi connectivity index (χ4n) is 3.71. The van der Waals surface area contributed by atoms with Crippen LogP contribution in [0.3, 0.4) is 0 Å². The number of hydrogen-bond acceptors (Lipinski definition) is 9. The van der Waals surface area contributed by atoms with Crippen LogP contribution in [0, 0.1) is 0 Å². The van der Waals surface area contributed by atoms with Gasteiger partial charge in [-0.3, -0.25) is 24.4 Å². The number of likely N-dealkylation sites (tertiary alicyclic amines) is 1. The van der Waals surface area contributed by atoms with E-state index in [0.717, 1.165) is 11.0 Å². The van der Waals surface area contributed by atoms with Gasteiger partial charge in [-0.05, 0) is 12.1 Å². The highest BCUT2D eigenvalue weighted by atomic mass is 32.2. The van der Waals surface area contributed by atoms with Crippen molar-refractivity contribution in [2.24, 2.45) is 17.2 Å². The minimum Gasteiger partial charge on any atom is -0.508 e. The van der Waals surface area contributed by atoms with Gasteiger partial charge < -0.3 is 32.2 Å². The number of rotatable bonds is 8. The van der Waals surface area contributed by atoms with Crippen molar-refractivity contribution < 1.29 is 24.7 Å². The number of phenols is 1. The first-order chi connectivity index (χ1) is 15.6. The van der Waals surface area contributed by atoms with Gasteiger partial charge in [0, 0.05) is 48.5 Å². The van der Waals surface area contributed by atoms with E-state index >= 15 is 0 Å². The minimum absolute atomic E-state index is 0.0927. The molecule has 0 spiro atoms. The standard InChI is InChI=1S/C20H26N6O6S/c21-3-4-33-9-13(22)19(30)26(32)10-5-16(18(23)29)25(8-10)20(31)15-7-17(28)12-2-1-11(27)6-14(12)24-15/h1-2,6-7,10,13,16,27,32H,3-5,8-9,21-22H2,(H2,23,29)(H,24,28)/t10-,13-,16-/m0/s1. The maximum absolute atomic E-state index is 13.1. The number of H-pyrrole nitrogens is 1. The van der Waals surface area contributed by atoms with Crippen molar-refractivity contribution in [2.75, 3.05) is 24.6 Å². The Balaban J connectivity index is 1.82. The van der Waals surface area contributed by atoms with Crippen molar-refractivity contribution in [1.82, 2.24) is 14.9 Å². The second kappa shape index (κ2) is 10.2. The number of hydrogen-bond donors (Lipinski definition) is 6. The van der Waals surface area contributed by atoms with Crippen LogP contribution in [-0.2, 0) is 9.59 Å². The fraction of sp³-hybridized carbons (Fsp3) is 0.400. The van der Waals surface area contributed by atoms with E-state index < -0.39 is 41.3 Å². The summed E-state index contributed by atoms with van der Waals surface area (Å²) in [4.78, 5) is 53.9. The summed E-state index contributed by atoms with van der Waals surface area (Å²) in [5.74, 6) is -1.55. The van der Waals surface area contributed by atoms with Gasteiger partial charge in [0.05, 0.1) is 17.6 Å². The lowest BCUT2D eigenvalue weighted by molar-refractivity contribution is -0.175. The molecule has 0 unspecified atom stereocenters. The number of aromatic nitrogens is 1. The normalized spacial score (nSPS) is 18.9. The lowest BCUT2D eigenvalue weighted by Gasteiger charge is -2.25. The molecule has 1 saturated heterocycles. The number of carbonyl (C=O) groups excluding carboxylic acids is 3. The number of carbonyl (C=O) groups is 3. The van der Waals surface area contributed by atoms with Crippen LogP contribution in [0.25, 0.3) is 10.9 Å². The average molecular weight is 479 g/mol. The zero-order chi connectivity index (χ0) is 24.3. The van der Waals surface area contributed by atoms with Crippen molar-refractivity contribution in [2.45, 2.75) is 24.5 Å². The van der Waals surface area contributed by atoms with Gasteiger partial charge in [-0.1, -0.05) is 0 Å². The predicted octanol–water partition coefficient (Wildman–Crippen LogP) is -1.46. The predicted molar refractivity (Wildman–Crippen MR) is 122 cm³/mol. The number of amides is 3. The Morgan fingerprint density at radius 2 is 2.03 bits per heavy atom. The molecule has 0 bridgehead atoms. The third-order valence-corrected chi connectivity index (χ3v) is 6.48. The van der Waals surface area contributed by atoms with Gasteiger partial charge in [-0.25, -0.2) is 5.06 Å². The highest BCUT2D eigenvalue weighted by Crippen LogP contribution is 2.24. The molecule has 13 heteroatoms. The number of aromatic hydroxyl groups is 1. The third-order valence-electron chi connectivity index (χ3n) is 5.36. The zero-order valence-electron chi connectivity index (χ0n) is 17.6. The summed E-state index contributed by atoms with van der Waals surface area (Å²) in [5, 5.41) is 20.8. The van der Waals surface area contributed by atoms with Crippen LogP contribution in [0.15, 0.2) is 29.1 Å². The van der Waals surface area contributed by atoms with Crippen LogP contribution in [0.5, 0.6) is 5.75 Å². The number of nitrogens with zero attached hydrogens (tertiary/aromatic N) is 2. The maximum Gasteiger partial charge on any atom is 0.271 e. The molecular formula is C20H26N6O6S. The molecule has 12 nitrogen and oxygen atoms in total. The number of phenolic OH excluding ortho intramolecular Hbond substituents is 1. The molecule has 1 aromatic carbocycles. The molecule has 9 N–H and O–H groups in total. The topological polar surface area (TPSA) is 209 Å². The van der Waals surface area contributed by atoms with E-state index in [9.17, 15) is 29.5 Å². The van der Waals surface area contributed by atoms with Gasteiger partial charge >= 0.3 is 0 Å². The number of primary amides is 1. The molecular weight excluding hydrogens is 452 g/mol. The smallest absolute Gasteiger partial charge is 0.271 e. The van der Waals surface area contributed by atoms with Crippen LogP contribution >= 0.6 is 11.8 Å². The van der Waals surface area contributed by atoms with E-state index in [4.69, 9.17) is 17.2 Å². The Morgan fingerprint density at radius 3 is 2.70 bits per heavy atom. The van der Waals surface area contributed by atoms with Crippen LogP contribution in [0.1, 0.15) is 16.9 Å². The molecule has 3 atom stereocenters. The Hall–Kier alpha value is -3.13. The first kappa shape index (κ1) is 24.5. The second-order valence-electron chi connectivity index (χ2n) is 7.70. The third kappa shape index (κ3) is 5.27. The largest absolute Gasteiger partial charge is 0.508 e. The highest BCUT2D eigenvalue weighted by molar-refractivity contribution is 7.99. The summed E-state index contributed by atoms with van der Waals surface area (Å²) in [6.07, 6.45) is -0.0927. The summed E-state index contributed by atoms with van der Waals surface area (Å²) in [7, 11) is 0. The van der Waals surface area contributed by atoms with E-state index in [1.54, 1.807) is 0 Å². The Labute approximate surface area is 192 Å². The summed E-state index contributed by atoms with van der Waals surface area (Å²) in [5.41, 5.74) is 16.4. The number of nitrogens with one attached hydrogen (secondary N) is 1. The first-order valence-corrected chi connectivity index (χ1v) is 11.3. The monoisotopic (exact) mass is 478 g/mol. The van der Waals surface area contributed by atoms with Gasteiger partial charge in [0.2, 0.25) is 5.91 Å². The van der Waals surface area contributed by atoms with E-state index in [1.807, 2.05) is 0 Å². The molecule has 3 rings (SSSR count). The van der Waals surface area contributed by atoms with Crippen molar-refractivity contribution in [3.05, 3.63) is 40.2 Å². The molecule has 0 aliphatic carbocycles. The SMILES string of the molecule is NCCSC[C@H](N)C(=O)N(O)[C@H]1C[C@@H](C(N)=O)N(C(=O)c2cc(=O)c3ccc(O)cc3[nH]2)C1. The summed E-state index contributed by atoms with van der Waals surface area (Å²) < 4.78 is 0. The molecule has 1 fully saturated rings. The molecule has 33 heavy (non-hydrogen) atoms. The molecule has 2 heterocycles. The highest BCUT2D eigenvalue weighted by Gasteiger charge is 2.43. The number of hydroxylamine groups is 2.